The number of nitrogens with two attached hydrogens (primary N) is 1. The number of nitrogens with zero attached hydrogens (tertiary/aromatic N) is 2. The second kappa shape index (κ2) is 7.85. The zero-order chi connectivity index (χ0) is 17.6. The average molecular weight is 337 g/mol. The minimum atomic E-state index is -0.286. The smallest absolute Gasteiger partial charge is 0.227 e. The Bertz CT molecular complexity index is 864. The average Bonchev–Trinajstić information content (AvgIpc) is 2.63. The van der Waals surface area contributed by atoms with Crippen LogP contribution in [-0.2, 0) is 17.8 Å². The second-order valence-electron chi connectivity index (χ2n) is 5.96. The molecule has 3 rings (SSSR count). The maximum Gasteiger partial charge on any atom is 0.227 e. The Morgan fingerprint density at radius 2 is 1.80 bits per heavy atom. The molecule has 0 atom stereocenters. The van der Waals surface area contributed by atoms with Gasteiger partial charge in [0, 0.05) is 37.4 Å². The van der Waals surface area contributed by atoms with Gasteiger partial charge in [0.15, 0.2) is 0 Å². The standard InChI is InChI=1S/C20H20FN3O/c21-19-5-2-15(3-6-19)14-24(10-8-22)20(25)12-16-1-4-18-13-23-9-7-17(18)11-16/h1-7,9,11,13H,8,10,12,14,22H2. The lowest BCUT2D eigenvalue weighted by atomic mass is 10.1. The van der Waals surface area contributed by atoms with Gasteiger partial charge in [-0.15, -0.1) is 0 Å². The molecule has 2 aromatic carbocycles. The number of hydrogen-bond acceptors (Lipinski definition) is 3. The maximum atomic E-state index is 13.0. The molecule has 0 aliphatic rings. The van der Waals surface area contributed by atoms with Crippen molar-refractivity contribution in [2.24, 2.45) is 5.73 Å². The normalized spacial score (nSPS) is 10.8. The van der Waals surface area contributed by atoms with Crippen LogP contribution in [0.2, 0.25) is 0 Å². The van der Waals surface area contributed by atoms with E-state index in [1.54, 1.807) is 29.4 Å². The van der Waals surface area contributed by atoms with E-state index in [1.165, 1.54) is 12.1 Å². The summed E-state index contributed by atoms with van der Waals surface area (Å²) in [7, 11) is 0. The minimum Gasteiger partial charge on any atom is -0.337 e. The van der Waals surface area contributed by atoms with Gasteiger partial charge in [0.25, 0.3) is 0 Å². The summed E-state index contributed by atoms with van der Waals surface area (Å²) in [6.45, 7) is 1.28. The number of halogens is 1. The summed E-state index contributed by atoms with van der Waals surface area (Å²) in [6, 6.07) is 14.0. The number of benzene rings is 2. The third kappa shape index (κ3) is 4.39. The predicted molar refractivity (Wildman–Crippen MR) is 96.3 cm³/mol. The molecule has 25 heavy (non-hydrogen) atoms. The molecule has 0 aliphatic carbocycles. The Labute approximate surface area is 146 Å². The van der Waals surface area contributed by atoms with Crippen LogP contribution in [-0.4, -0.2) is 28.9 Å². The van der Waals surface area contributed by atoms with E-state index in [0.717, 1.165) is 21.9 Å². The molecule has 0 aliphatic heterocycles. The fourth-order valence-electron chi connectivity index (χ4n) is 2.79. The van der Waals surface area contributed by atoms with Crippen LogP contribution in [0.5, 0.6) is 0 Å². The zero-order valence-electron chi connectivity index (χ0n) is 13.9. The molecule has 0 unspecified atom stereocenters. The number of carbonyl (C=O) groups is 1. The number of rotatable bonds is 6. The summed E-state index contributed by atoms with van der Waals surface area (Å²) in [5.74, 6) is -0.283. The zero-order valence-corrected chi connectivity index (χ0v) is 13.9. The van der Waals surface area contributed by atoms with Crippen molar-refractivity contribution in [1.29, 1.82) is 0 Å². The van der Waals surface area contributed by atoms with Crippen LogP contribution in [0.25, 0.3) is 10.8 Å². The molecule has 4 nitrogen and oxygen atoms in total. The quantitative estimate of drug-likeness (QED) is 0.752. The number of fused-ring (bicyclic) bond motifs is 1. The van der Waals surface area contributed by atoms with Gasteiger partial charge >= 0.3 is 0 Å². The summed E-state index contributed by atoms with van der Waals surface area (Å²) in [6.07, 6.45) is 3.85. The molecular weight excluding hydrogens is 317 g/mol. The molecular formula is C20H20FN3O. The molecule has 0 bridgehead atoms. The van der Waals surface area contributed by atoms with Crippen LogP contribution in [0, 0.1) is 5.82 Å². The highest BCUT2D eigenvalue weighted by Gasteiger charge is 2.14. The van der Waals surface area contributed by atoms with Crippen LogP contribution >= 0.6 is 0 Å². The number of pyridine rings is 1. The van der Waals surface area contributed by atoms with E-state index in [4.69, 9.17) is 5.73 Å². The van der Waals surface area contributed by atoms with Crippen LogP contribution in [0.3, 0.4) is 0 Å². The van der Waals surface area contributed by atoms with Crippen molar-refractivity contribution in [3.8, 4) is 0 Å². The lowest BCUT2D eigenvalue weighted by Crippen LogP contribution is -2.35. The molecule has 0 saturated heterocycles. The number of aromatic nitrogens is 1. The van der Waals surface area contributed by atoms with Crippen LogP contribution in [0.15, 0.2) is 60.9 Å². The van der Waals surface area contributed by atoms with Gasteiger partial charge < -0.3 is 10.6 Å². The van der Waals surface area contributed by atoms with Gasteiger partial charge in [-0.25, -0.2) is 4.39 Å². The van der Waals surface area contributed by atoms with Crippen molar-refractivity contribution >= 4 is 16.7 Å². The van der Waals surface area contributed by atoms with E-state index in [9.17, 15) is 9.18 Å². The van der Waals surface area contributed by atoms with Gasteiger partial charge in [-0.1, -0.05) is 30.3 Å². The molecule has 1 aromatic heterocycles. The third-order valence-electron chi connectivity index (χ3n) is 4.10. The SMILES string of the molecule is NCCN(Cc1ccc(F)cc1)C(=O)Cc1ccc2cnccc2c1. The Hall–Kier alpha value is -2.79. The van der Waals surface area contributed by atoms with Gasteiger partial charge in [0.1, 0.15) is 5.82 Å². The predicted octanol–water partition coefficient (Wildman–Crippen LogP) is 2.90. The van der Waals surface area contributed by atoms with Crippen LogP contribution in [0.1, 0.15) is 11.1 Å². The summed E-state index contributed by atoms with van der Waals surface area (Å²) in [4.78, 5) is 18.5. The van der Waals surface area contributed by atoms with Crippen molar-refractivity contribution < 1.29 is 9.18 Å². The van der Waals surface area contributed by atoms with Crippen molar-refractivity contribution in [3.63, 3.8) is 0 Å². The Balaban J connectivity index is 1.73. The number of hydrogen-bond donors (Lipinski definition) is 1. The van der Waals surface area contributed by atoms with E-state index < -0.39 is 0 Å². The van der Waals surface area contributed by atoms with Gasteiger partial charge in [-0.3, -0.25) is 9.78 Å². The first-order chi connectivity index (χ1) is 12.2. The number of amides is 1. The second-order valence-corrected chi connectivity index (χ2v) is 5.96. The molecule has 3 aromatic rings. The van der Waals surface area contributed by atoms with E-state index in [1.807, 2.05) is 24.3 Å². The van der Waals surface area contributed by atoms with Crippen LogP contribution in [0.4, 0.5) is 4.39 Å². The fourth-order valence-corrected chi connectivity index (χ4v) is 2.79. The Kier molecular flexibility index (Phi) is 5.36. The molecule has 0 saturated carbocycles. The Morgan fingerprint density at radius 3 is 2.56 bits per heavy atom. The van der Waals surface area contributed by atoms with Gasteiger partial charge in [-0.05, 0) is 34.7 Å². The molecule has 5 heteroatoms. The molecule has 2 N–H and O–H groups in total. The van der Waals surface area contributed by atoms with Gasteiger partial charge in [0.05, 0.1) is 6.42 Å². The van der Waals surface area contributed by atoms with E-state index >= 15 is 0 Å². The fraction of sp³-hybridized carbons (Fsp3) is 0.200. The monoisotopic (exact) mass is 337 g/mol. The summed E-state index contributed by atoms with van der Waals surface area (Å²) in [5, 5.41) is 2.10. The molecule has 0 radical (unpaired) electrons. The summed E-state index contributed by atoms with van der Waals surface area (Å²) in [5.41, 5.74) is 7.48. The summed E-state index contributed by atoms with van der Waals surface area (Å²) >= 11 is 0. The van der Waals surface area contributed by atoms with Gasteiger partial charge in [0.2, 0.25) is 5.91 Å². The maximum absolute atomic E-state index is 13.0. The van der Waals surface area contributed by atoms with Gasteiger partial charge in [-0.2, -0.15) is 0 Å². The third-order valence-corrected chi connectivity index (χ3v) is 4.10. The molecule has 0 fully saturated rings. The van der Waals surface area contributed by atoms with Crippen molar-refractivity contribution in [2.45, 2.75) is 13.0 Å². The van der Waals surface area contributed by atoms with Crippen LogP contribution < -0.4 is 5.73 Å². The van der Waals surface area contributed by atoms with Crippen molar-refractivity contribution in [1.82, 2.24) is 9.88 Å². The molecule has 1 heterocycles. The van der Waals surface area contributed by atoms with E-state index in [-0.39, 0.29) is 11.7 Å². The van der Waals surface area contributed by atoms with E-state index in [0.29, 0.717) is 26.1 Å². The first-order valence-electron chi connectivity index (χ1n) is 8.20. The lowest BCUT2D eigenvalue weighted by molar-refractivity contribution is -0.131. The highest BCUT2D eigenvalue weighted by Crippen LogP contribution is 2.16. The largest absolute Gasteiger partial charge is 0.337 e. The first-order valence-corrected chi connectivity index (χ1v) is 8.20. The topological polar surface area (TPSA) is 59.2 Å². The highest BCUT2D eigenvalue weighted by atomic mass is 19.1. The first kappa shape index (κ1) is 17.0. The minimum absolute atomic E-state index is 0.00295. The van der Waals surface area contributed by atoms with Crippen molar-refractivity contribution in [2.75, 3.05) is 13.1 Å². The molecule has 128 valence electrons. The highest BCUT2D eigenvalue weighted by molar-refractivity contribution is 5.84. The number of carbonyl (C=O) groups excluding carboxylic acids is 1. The van der Waals surface area contributed by atoms with Crippen molar-refractivity contribution in [3.05, 3.63) is 77.9 Å². The van der Waals surface area contributed by atoms with E-state index in [2.05, 4.69) is 4.98 Å². The summed E-state index contributed by atoms with van der Waals surface area (Å²) < 4.78 is 13.0. The lowest BCUT2D eigenvalue weighted by Gasteiger charge is -2.22. The Morgan fingerprint density at radius 1 is 1.04 bits per heavy atom. The molecule has 0 spiro atoms. The molecule has 1 amide bonds.